The molecule has 2 rings (SSSR count). The first kappa shape index (κ1) is 12.6. The van der Waals surface area contributed by atoms with E-state index in [1.54, 1.807) is 7.11 Å². The third-order valence-corrected chi connectivity index (χ3v) is 3.37. The zero-order valence-electron chi connectivity index (χ0n) is 10.6. The Kier molecular flexibility index (Phi) is 4.15. The van der Waals surface area contributed by atoms with E-state index in [0.717, 1.165) is 6.54 Å². The molecule has 0 heterocycles. The highest BCUT2D eigenvalue weighted by Gasteiger charge is 2.26. The van der Waals surface area contributed by atoms with Crippen molar-refractivity contribution in [3.8, 4) is 0 Å². The summed E-state index contributed by atoms with van der Waals surface area (Å²) in [6.07, 6.45) is 0.779. The predicted molar refractivity (Wildman–Crippen MR) is 68.3 cm³/mol. The van der Waals surface area contributed by atoms with Crippen molar-refractivity contribution in [1.82, 2.24) is 4.90 Å². The lowest BCUT2D eigenvalue weighted by molar-refractivity contribution is 0.0417. The number of methoxy groups -OCH3 is 1. The van der Waals surface area contributed by atoms with Gasteiger partial charge in [0.25, 0.3) is 0 Å². The maximum Gasteiger partial charge on any atom is 0.0899 e. The topological polar surface area (TPSA) is 32.7 Å². The molecule has 1 aliphatic carbocycles. The highest BCUT2D eigenvalue weighted by Crippen LogP contribution is 2.34. The van der Waals surface area contributed by atoms with Gasteiger partial charge in [0.1, 0.15) is 0 Å². The summed E-state index contributed by atoms with van der Waals surface area (Å²) in [6, 6.07) is 8.61. The van der Waals surface area contributed by atoms with Gasteiger partial charge in [0.2, 0.25) is 0 Å². The average Bonchev–Trinajstić information content (AvgIpc) is 2.26. The van der Waals surface area contributed by atoms with Gasteiger partial charge in [-0.15, -0.1) is 0 Å². The SMILES string of the molecule is COCC(O)CN(C)CC1Cc2ccccc21. The fourth-order valence-electron chi connectivity index (χ4n) is 2.58. The van der Waals surface area contributed by atoms with Crippen LogP contribution >= 0.6 is 0 Å². The van der Waals surface area contributed by atoms with E-state index in [-0.39, 0.29) is 6.10 Å². The molecule has 0 bridgehead atoms. The molecular formula is C14H21NO2. The number of aliphatic hydroxyl groups is 1. The van der Waals surface area contributed by atoms with E-state index in [0.29, 0.717) is 19.1 Å². The first-order valence-corrected chi connectivity index (χ1v) is 6.14. The maximum atomic E-state index is 9.65. The Hall–Kier alpha value is -0.900. The molecule has 0 spiro atoms. The largest absolute Gasteiger partial charge is 0.389 e. The van der Waals surface area contributed by atoms with Gasteiger partial charge in [-0.25, -0.2) is 0 Å². The van der Waals surface area contributed by atoms with Crippen LogP contribution in [0.15, 0.2) is 24.3 Å². The van der Waals surface area contributed by atoms with Crippen LogP contribution in [0, 0.1) is 0 Å². The fourth-order valence-corrected chi connectivity index (χ4v) is 2.58. The van der Waals surface area contributed by atoms with Crippen molar-refractivity contribution in [2.75, 3.05) is 33.9 Å². The summed E-state index contributed by atoms with van der Waals surface area (Å²) in [5, 5.41) is 9.65. The summed E-state index contributed by atoms with van der Waals surface area (Å²) in [5.41, 5.74) is 2.95. The number of hydrogen-bond acceptors (Lipinski definition) is 3. The summed E-state index contributed by atoms with van der Waals surface area (Å²) in [7, 11) is 3.67. The van der Waals surface area contributed by atoms with Gasteiger partial charge in [0.15, 0.2) is 0 Å². The lowest BCUT2D eigenvalue weighted by Gasteiger charge is -2.34. The quantitative estimate of drug-likeness (QED) is 0.806. The minimum atomic E-state index is -0.389. The third kappa shape index (κ3) is 3.06. The van der Waals surface area contributed by atoms with Gasteiger partial charge >= 0.3 is 0 Å². The van der Waals surface area contributed by atoms with Crippen LogP contribution in [-0.2, 0) is 11.2 Å². The molecule has 0 saturated carbocycles. The molecule has 2 atom stereocenters. The van der Waals surface area contributed by atoms with Crippen molar-refractivity contribution in [3.05, 3.63) is 35.4 Å². The maximum absolute atomic E-state index is 9.65. The predicted octanol–water partition coefficient (Wildman–Crippen LogP) is 1.27. The second kappa shape index (κ2) is 5.63. The van der Waals surface area contributed by atoms with Crippen molar-refractivity contribution in [3.63, 3.8) is 0 Å². The number of hydrogen-bond donors (Lipinski definition) is 1. The molecule has 0 saturated heterocycles. The molecule has 1 N–H and O–H groups in total. The van der Waals surface area contributed by atoms with E-state index in [1.807, 2.05) is 0 Å². The number of fused-ring (bicyclic) bond motifs is 1. The number of benzene rings is 1. The van der Waals surface area contributed by atoms with Crippen LogP contribution in [0.2, 0.25) is 0 Å². The van der Waals surface area contributed by atoms with Gasteiger partial charge in [0.05, 0.1) is 12.7 Å². The zero-order valence-corrected chi connectivity index (χ0v) is 10.6. The Labute approximate surface area is 103 Å². The Morgan fingerprint density at radius 1 is 1.47 bits per heavy atom. The minimum absolute atomic E-state index is 0.389. The van der Waals surface area contributed by atoms with E-state index >= 15 is 0 Å². The lowest BCUT2D eigenvalue weighted by atomic mass is 9.77. The second-order valence-corrected chi connectivity index (χ2v) is 4.93. The number of rotatable bonds is 6. The number of ether oxygens (including phenoxy) is 1. The summed E-state index contributed by atoms with van der Waals surface area (Å²) in [4.78, 5) is 2.18. The average molecular weight is 235 g/mol. The van der Waals surface area contributed by atoms with Crippen LogP contribution in [-0.4, -0.2) is 50.0 Å². The van der Waals surface area contributed by atoms with Gasteiger partial charge in [-0.3, -0.25) is 0 Å². The van der Waals surface area contributed by atoms with Crippen molar-refractivity contribution >= 4 is 0 Å². The van der Waals surface area contributed by atoms with Crippen LogP contribution in [0.25, 0.3) is 0 Å². The lowest BCUT2D eigenvalue weighted by Crippen LogP contribution is -2.37. The highest BCUT2D eigenvalue weighted by atomic mass is 16.5. The van der Waals surface area contributed by atoms with Crippen LogP contribution in [0.3, 0.4) is 0 Å². The molecule has 1 aliphatic rings. The van der Waals surface area contributed by atoms with E-state index in [2.05, 4.69) is 36.2 Å². The zero-order chi connectivity index (χ0) is 12.3. The van der Waals surface area contributed by atoms with Crippen LogP contribution in [0.1, 0.15) is 17.0 Å². The van der Waals surface area contributed by atoms with Crippen molar-refractivity contribution in [2.24, 2.45) is 0 Å². The molecule has 3 heteroatoms. The number of likely N-dealkylation sites (N-methyl/N-ethyl adjacent to an activating group) is 1. The third-order valence-electron chi connectivity index (χ3n) is 3.37. The normalized spacial score (nSPS) is 19.9. The molecule has 94 valence electrons. The molecule has 2 unspecified atom stereocenters. The second-order valence-electron chi connectivity index (χ2n) is 4.93. The Morgan fingerprint density at radius 2 is 2.24 bits per heavy atom. The fraction of sp³-hybridized carbons (Fsp3) is 0.571. The van der Waals surface area contributed by atoms with E-state index in [1.165, 1.54) is 17.5 Å². The van der Waals surface area contributed by atoms with Crippen molar-refractivity contribution in [1.29, 1.82) is 0 Å². The summed E-state index contributed by atoms with van der Waals surface area (Å²) in [5.74, 6) is 0.631. The highest BCUT2D eigenvalue weighted by molar-refractivity contribution is 5.40. The number of aliphatic hydroxyl groups excluding tert-OH is 1. The molecule has 0 radical (unpaired) electrons. The molecular weight excluding hydrogens is 214 g/mol. The van der Waals surface area contributed by atoms with Crippen LogP contribution in [0.5, 0.6) is 0 Å². The van der Waals surface area contributed by atoms with Crippen LogP contribution in [0.4, 0.5) is 0 Å². The molecule has 1 aromatic rings. The van der Waals surface area contributed by atoms with E-state index in [4.69, 9.17) is 4.74 Å². The Balaban J connectivity index is 1.80. The standard InChI is InChI=1S/C14H21NO2/c1-15(9-13(16)10-17-2)8-12-7-11-5-3-4-6-14(11)12/h3-6,12-13,16H,7-10H2,1-2H3. The summed E-state index contributed by atoms with van der Waals surface area (Å²) in [6.45, 7) is 2.09. The number of nitrogens with zero attached hydrogens (tertiary/aromatic N) is 1. The van der Waals surface area contributed by atoms with Crippen LogP contribution < -0.4 is 0 Å². The van der Waals surface area contributed by atoms with Gasteiger partial charge in [-0.2, -0.15) is 0 Å². The molecule has 17 heavy (non-hydrogen) atoms. The van der Waals surface area contributed by atoms with Gasteiger partial charge in [-0.05, 0) is 24.6 Å². The van der Waals surface area contributed by atoms with Gasteiger partial charge in [-0.1, -0.05) is 24.3 Å². The molecule has 0 amide bonds. The summed E-state index contributed by atoms with van der Waals surface area (Å²) < 4.78 is 4.93. The summed E-state index contributed by atoms with van der Waals surface area (Å²) >= 11 is 0. The van der Waals surface area contributed by atoms with Gasteiger partial charge < -0.3 is 14.7 Å². The molecule has 0 fully saturated rings. The first-order valence-electron chi connectivity index (χ1n) is 6.14. The molecule has 0 aromatic heterocycles. The van der Waals surface area contributed by atoms with E-state index in [9.17, 15) is 5.11 Å². The molecule has 3 nitrogen and oxygen atoms in total. The smallest absolute Gasteiger partial charge is 0.0899 e. The molecule has 0 aliphatic heterocycles. The molecule has 1 aromatic carbocycles. The van der Waals surface area contributed by atoms with Crippen molar-refractivity contribution in [2.45, 2.75) is 18.4 Å². The van der Waals surface area contributed by atoms with E-state index < -0.39 is 0 Å². The van der Waals surface area contributed by atoms with Gasteiger partial charge in [0, 0.05) is 26.1 Å². The first-order chi connectivity index (χ1) is 8.20. The Bertz CT molecular complexity index is 367. The minimum Gasteiger partial charge on any atom is -0.389 e. The monoisotopic (exact) mass is 235 g/mol. The Morgan fingerprint density at radius 3 is 2.94 bits per heavy atom. The van der Waals surface area contributed by atoms with Crippen molar-refractivity contribution < 1.29 is 9.84 Å².